The molecule has 0 aliphatic heterocycles. The number of esters is 1. The topological polar surface area (TPSA) is 64.4 Å². The van der Waals surface area contributed by atoms with Crippen LogP contribution in [0.25, 0.3) is 0 Å². The molecule has 2 aromatic rings. The molecule has 1 unspecified atom stereocenters. The molecule has 2 aromatic heterocycles. The Morgan fingerprint density at radius 3 is 2.61 bits per heavy atom. The van der Waals surface area contributed by atoms with Crippen molar-refractivity contribution in [1.29, 1.82) is 0 Å². The van der Waals surface area contributed by atoms with Gasteiger partial charge in [-0.1, -0.05) is 19.3 Å². The second-order valence-electron chi connectivity index (χ2n) is 7.39. The van der Waals surface area contributed by atoms with Crippen LogP contribution in [0.2, 0.25) is 0 Å². The van der Waals surface area contributed by atoms with Gasteiger partial charge in [-0.15, -0.1) is 11.3 Å². The van der Waals surface area contributed by atoms with Gasteiger partial charge >= 0.3 is 5.97 Å². The first kappa shape index (κ1) is 20.6. The summed E-state index contributed by atoms with van der Waals surface area (Å²) in [5, 5.41) is 2.55. The van der Waals surface area contributed by atoms with Crippen molar-refractivity contribution in [2.75, 3.05) is 4.90 Å². The third-order valence-electron chi connectivity index (χ3n) is 5.54. The zero-order chi connectivity index (χ0) is 20.3. The quantitative estimate of drug-likeness (QED) is 0.667. The summed E-state index contributed by atoms with van der Waals surface area (Å²) < 4.78 is 7.66. The van der Waals surface area contributed by atoms with Crippen molar-refractivity contribution in [3.63, 3.8) is 0 Å². The average Bonchev–Trinajstić information content (AvgIpc) is 3.30. The number of aromatic nitrogens is 2. The first-order valence-electron chi connectivity index (χ1n) is 10.0. The molecule has 1 aliphatic rings. The number of carbonyl (C=O) groups is 2. The Bertz CT molecular complexity index is 822. The molecule has 1 saturated carbocycles. The van der Waals surface area contributed by atoms with Crippen LogP contribution in [-0.4, -0.2) is 33.6 Å². The lowest BCUT2D eigenvalue weighted by Gasteiger charge is -2.33. The summed E-state index contributed by atoms with van der Waals surface area (Å²) in [6.45, 7) is 8.36. The normalized spacial score (nSPS) is 16.0. The van der Waals surface area contributed by atoms with E-state index in [1.54, 1.807) is 18.0 Å². The second kappa shape index (κ2) is 8.90. The van der Waals surface area contributed by atoms with Crippen LogP contribution in [0.3, 0.4) is 0 Å². The minimum Gasteiger partial charge on any atom is -0.449 e. The van der Waals surface area contributed by atoms with Crippen molar-refractivity contribution < 1.29 is 14.3 Å². The summed E-state index contributed by atoms with van der Waals surface area (Å²) in [6, 6.07) is 1.96. The Morgan fingerprint density at radius 1 is 1.32 bits per heavy atom. The minimum absolute atomic E-state index is 0.124. The monoisotopic (exact) mass is 403 g/mol. The number of thiazole rings is 1. The van der Waals surface area contributed by atoms with E-state index in [-0.39, 0.29) is 11.9 Å². The van der Waals surface area contributed by atoms with Gasteiger partial charge in [-0.25, -0.2) is 9.78 Å². The highest BCUT2D eigenvalue weighted by molar-refractivity contribution is 7.13. The van der Waals surface area contributed by atoms with Gasteiger partial charge in [-0.3, -0.25) is 9.69 Å². The molecule has 1 amide bonds. The molecule has 28 heavy (non-hydrogen) atoms. The van der Waals surface area contributed by atoms with Crippen LogP contribution < -0.4 is 4.90 Å². The number of ether oxygens (including phenoxy) is 1. The van der Waals surface area contributed by atoms with Crippen molar-refractivity contribution in [2.24, 2.45) is 0 Å². The Kier molecular flexibility index (Phi) is 6.54. The first-order valence-corrected chi connectivity index (χ1v) is 10.9. The van der Waals surface area contributed by atoms with Gasteiger partial charge < -0.3 is 9.30 Å². The van der Waals surface area contributed by atoms with Gasteiger partial charge in [0, 0.05) is 35.6 Å². The molecule has 1 aliphatic carbocycles. The van der Waals surface area contributed by atoms with Gasteiger partial charge in [0.05, 0.1) is 5.56 Å². The molecule has 7 heteroatoms. The lowest BCUT2D eigenvalue weighted by Crippen LogP contribution is -2.47. The molecule has 152 valence electrons. The Morgan fingerprint density at radius 2 is 2.04 bits per heavy atom. The lowest BCUT2D eigenvalue weighted by atomic mass is 9.94. The third-order valence-corrected chi connectivity index (χ3v) is 6.31. The SMILES string of the molecule is CCn1c(C)cc(C(=O)OC(C)C(=O)N(c2nccs2)C2CCCCC2)c1C. The summed E-state index contributed by atoms with van der Waals surface area (Å²) in [7, 11) is 0. The van der Waals surface area contributed by atoms with E-state index in [1.807, 2.05) is 32.2 Å². The predicted molar refractivity (Wildman–Crippen MR) is 111 cm³/mol. The Labute approximate surface area is 170 Å². The molecular formula is C21H29N3O3S. The van der Waals surface area contributed by atoms with Crippen molar-refractivity contribution in [2.45, 2.75) is 78.5 Å². The van der Waals surface area contributed by atoms with E-state index < -0.39 is 12.1 Å². The molecule has 0 spiro atoms. The highest BCUT2D eigenvalue weighted by atomic mass is 32.1. The summed E-state index contributed by atoms with van der Waals surface area (Å²) in [5.74, 6) is -0.643. The van der Waals surface area contributed by atoms with Crippen molar-refractivity contribution in [3.05, 3.63) is 34.6 Å². The van der Waals surface area contributed by atoms with Crippen LogP contribution in [0.15, 0.2) is 17.6 Å². The number of carbonyl (C=O) groups excluding carboxylic acids is 2. The predicted octanol–water partition coefficient (Wildman–Crippen LogP) is 4.49. The molecule has 0 saturated heterocycles. The van der Waals surface area contributed by atoms with E-state index in [2.05, 4.69) is 9.55 Å². The summed E-state index contributed by atoms with van der Waals surface area (Å²) in [6.07, 6.45) is 6.19. The molecule has 1 atom stereocenters. The van der Waals surface area contributed by atoms with Crippen molar-refractivity contribution in [3.8, 4) is 0 Å². The number of aryl methyl sites for hydroxylation is 1. The van der Waals surface area contributed by atoms with E-state index in [9.17, 15) is 9.59 Å². The Balaban J connectivity index is 1.77. The first-order chi connectivity index (χ1) is 13.4. The maximum atomic E-state index is 13.2. The number of rotatable bonds is 6. The lowest BCUT2D eigenvalue weighted by molar-refractivity contribution is -0.127. The van der Waals surface area contributed by atoms with Crippen LogP contribution in [-0.2, 0) is 16.1 Å². The average molecular weight is 404 g/mol. The molecule has 2 heterocycles. The maximum absolute atomic E-state index is 13.2. The number of nitrogens with zero attached hydrogens (tertiary/aromatic N) is 3. The summed E-state index contributed by atoms with van der Waals surface area (Å²) >= 11 is 1.45. The fourth-order valence-electron chi connectivity index (χ4n) is 4.07. The van der Waals surface area contributed by atoms with Crippen molar-refractivity contribution in [1.82, 2.24) is 9.55 Å². The van der Waals surface area contributed by atoms with Crippen molar-refractivity contribution >= 4 is 28.3 Å². The van der Waals surface area contributed by atoms with Gasteiger partial charge in [0.2, 0.25) is 0 Å². The number of hydrogen-bond acceptors (Lipinski definition) is 5. The maximum Gasteiger partial charge on any atom is 0.340 e. The number of anilines is 1. The molecule has 1 fully saturated rings. The van der Waals surface area contributed by atoms with Crippen LogP contribution >= 0.6 is 11.3 Å². The van der Waals surface area contributed by atoms with E-state index in [0.717, 1.165) is 43.6 Å². The third kappa shape index (κ3) is 4.14. The second-order valence-corrected chi connectivity index (χ2v) is 8.26. The largest absolute Gasteiger partial charge is 0.449 e. The van der Waals surface area contributed by atoms with E-state index in [4.69, 9.17) is 4.74 Å². The Hall–Kier alpha value is -2.15. The van der Waals surface area contributed by atoms with Crippen LogP contribution in [0.4, 0.5) is 5.13 Å². The summed E-state index contributed by atoms with van der Waals surface area (Å²) in [4.78, 5) is 32.1. The van der Waals surface area contributed by atoms with Gasteiger partial charge in [-0.05, 0) is 46.6 Å². The van der Waals surface area contributed by atoms with Crippen LogP contribution in [0.5, 0.6) is 0 Å². The van der Waals surface area contributed by atoms with Gasteiger partial charge in [0.15, 0.2) is 11.2 Å². The highest BCUT2D eigenvalue weighted by Gasteiger charge is 2.33. The van der Waals surface area contributed by atoms with E-state index in [0.29, 0.717) is 10.7 Å². The fourth-order valence-corrected chi connectivity index (χ4v) is 4.79. The molecule has 0 aromatic carbocycles. The molecule has 0 bridgehead atoms. The minimum atomic E-state index is -0.858. The zero-order valence-corrected chi connectivity index (χ0v) is 17.9. The van der Waals surface area contributed by atoms with Gasteiger partial charge in [-0.2, -0.15) is 0 Å². The molecular weight excluding hydrogens is 374 g/mol. The summed E-state index contributed by atoms with van der Waals surface area (Å²) in [5.41, 5.74) is 2.41. The molecule has 0 N–H and O–H groups in total. The van der Waals surface area contributed by atoms with E-state index >= 15 is 0 Å². The smallest absolute Gasteiger partial charge is 0.340 e. The zero-order valence-electron chi connectivity index (χ0n) is 17.1. The molecule has 6 nitrogen and oxygen atoms in total. The number of hydrogen-bond donors (Lipinski definition) is 0. The fraction of sp³-hybridized carbons (Fsp3) is 0.571. The number of amides is 1. The van der Waals surface area contributed by atoms with Crippen LogP contribution in [0.1, 0.15) is 67.7 Å². The molecule has 0 radical (unpaired) electrons. The van der Waals surface area contributed by atoms with E-state index in [1.165, 1.54) is 17.8 Å². The molecule has 3 rings (SSSR count). The van der Waals surface area contributed by atoms with Gasteiger partial charge in [0.1, 0.15) is 0 Å². The van der Waals surface area contributed by atoms with Crippen LogP contribution in [0, 0.1) is 13.8 Å². The highest BCUT2D eigenvalue weighted by Crippen LogP contribution is 2.30. The van der Waals surface area contributed by atoms with Gasteiger partial charge in [0.25, 0.3) is 5.91 Å². The standard InChI is InChI=1S/C21H29N3O3S/c1-5-23-14(2)13-18(15(23)3)20(26)27-16(4)19(25)24(21-22-11-12-28-21)17-9-7-6-8-10-17/h11-13,16-17H,5-10H2,1-4H3.